The van der Waals surface area contributed by atoms with E-state index in [4.69, 9.17) is 27.1 Å². The van der Waals surface area contributed by atoms with E-state index in [1.165, 1.54) is 25.1 Å². The Labute approximate surface area is 256 Å². The Morgan fingerprint density at radius 3 is 2.57 bits per heavy atom. The van der Waals surface area contributed by atoms with Gasteiger partial charge in [-0.05, 0) is 82.3 Å². The van der Waals surface area contributed by atoms with Gasteiger partial charge in [0, 0.05) is 30.1 Å². The highest BCUT2D eigenvalue weighted by Gasteiger charge is 2.51. The van der Waals surface area contributed by atoms with Crippen LogP contribution in [0.1, 0.15) is 49.7 Å². The number of nitrogens with two attached hydrogens (primary N) is 1. The number of aromatic nitrogens is 3. The van der Waals surface area contributed by atoms with Gasteiger partial charge in [-0.25, -0.2) is 13.8 Å². The lowest BCUT2D eigenvalue weighted by Gasteiger charge is -2.41. The van der Waals surface area contributed by atoms with Crippen LogP contribution < -0.4 is 20.7 Å². The van der Waals surface area contributed by atoms with Crippen LogP contribution in [-0.4, -0.2) is 76.2 Å². The zero-order valence-electron chi connectivity index (χ0n) is 24.2. The van der Waals surface area contributed by atoms with Gasteiger partial charge in [0.2, 0.25) is 0 Å². The highest BCUT2D eigenvalue weighted by Crippen LogP contribution is 2.45. The van der Waals surface area contributed by atoms with E-state index in [2.05, 4.69) is 20.2 Å². The van der Waals surface area contributed by atoms with Gasteiger partial charge >= 0.3 is 12.2 Å². The Morgan fingerprint density at radius 2 is 1.86 bits per heavy atom. The third-order valence-electron chi connectivity index (χ3n) is 9.86. The molecule has 4 aliphatic rings. The van der Waals surface area contributed by atoms with Gasteiger partial charge in [-0.3, -0.25) is 4.90 Å². The first-order chi connectivity index (χ1) is 20.9. The highest BCUT2D eigenvalue weighted by molar-refractivity contribution is 6.34. The predicted octanol–water partition coefficient (Wildman–Crippen LogP) is 5.84. The van der Waals surface area contributed by atoms with Crippen molar-refractivity contribution in [3.63, 3.8) is 0 Å². The molecule has 0 amide bonds. The molecule has 2 atom stereocenters. The highest BCUT2D eigenvalue weighted by atomic mass is 35.5. The standard InChI is InChI=1S/C30H33ClF5N7O/c1-16-10-22(37)39-24(23(16)30(34,35)36)18-12-21-19(11-20(18)31)25(42-13-17-4-7-29(14-42,41-17)26(32)33)40-27(38-21)44-15-28-5-2-8-43(28)9-3-6-28/h10-12,17,26,41H,2-9,13-15H2,1H3,(H2,37,39)/t17?,29-/m0/s1. The number of fused-ring (bicyclic) bond motifs is 4. The fourth-order valence-electron chi connectivity index (χ4n) is 7.83. The fourth-order valence-corrected chi connectivity index (χ4v) is 8.08. The van der Waals surface area contributed by atoms with Crippen LogP contribution in [0.4, 0.5) is 33.6 Å². The van der Waals surface area contributed by atoms with E-state index in [9.17, 15) is 22.0 Å². The number of nitrogens with one attached hydrogen (secondary N) is 1. The average Bonchev–Trinajstić information content (AvgIpc) is 3.62. The van der Waals surface area contributed by atoms with Crippen LogP contribution in [0.15, 0.2) is 18.2 Å². The number of piperazine rings is 1. The maximum absolute atomic E-state index is 14.3. The Kier molecular flexibility index (Phi) is 7.09. The molecular formula is C30H33ClF5N7O. The summed E-state index contributed by atoms with van der Waals surface area (Å²) in [4.78, 5) is 17.6. The van der Waals surface area contributed by atoms with Crippen LogP contribution in [0.25, 0.3) is 22.2 Å². The first-order valence-corrected chi connectivity index (χ1v) is 15.3. The number of nitrogens with zero attached hydrogens (tertiary/aromatic N) is 5. The van der Waals surface area contributed by atoms with Crippen LogP contribution in [-0.2, 0) is 6.18 Å². The molecule has 6 heterocycles. The number of nitrogen functional groups attached to an aromatic ring is 1. The van der Waals surface area contributed by atoms with Crippen LogP contribution in [0.3, 0.4) is 0 Å². The van der Waals surface area contributed by atoms with Gasteiger partial charge in [0.05, 0.1) is 32.9 Å². The van der Waals surface area contributed by atoms with Crippen molar-refractivity contribution >= 4 is 34.1 Å². The second-order valence-corrected chi connectivity index (χ2v) is 13.1. The lowest BCUT2D eigenvalue weighted by Crippen LogP contribution is -2.63. The van der Waals surface area contributed by atoms with Crippen molar-refractivity contribution in [2.24, 2.45) is 0 Å². The van der Waals surface area contributed by atoms with Gasteiger partial charge in [-0.1, -0.05) is 11.6 Å². The van der Waals surface area contributed by atoms with E-state index in [-0.39, 0.29) is 51.6 Å². The van der Waals surface area contributed by atoms with Crippen LogP contribution in [0, 0.1) is 6.92 Å². The van der Waals surface area contributed by atoms with Crippen molar-refractivity contribution in [3.8, 4) is 17.3 Å². The van der Waals surface area contributed by atoms with E-state index in [0.717, 1.165) is 38.8 Å². The van der Waals surface area contributed by atoms with Crippen molar-refractivity contribution in [1.82, 2.24) is 25.2 Å². The van der Waals surface area contributed by atoms with Crippen LogP contribution in [0.5, 0.6) is 6.01 Å². The summed E-state index contributed by atoms with van der Waals surface area (Å²) in [5.74, 6) is 0.274. The topological polar surface area (TPSA) is 92.4 Å². The lowest BCUT2D eigenvalue weighted by atomic mass is 9.95. The summed E-state index contributed by atoms with van der Waals surface area (Å²) in [7, 11) is 0. The number of hydrogen-bond donors (Lipinski definition) is 2. The van der Waals surface area contributed by atoms with E-state index in [0.29, 0.717) is 37.2 Å². The smallest absolute Gasteiger partial charge is 0.418 e. The van der Waals surface area contributed by atoms with Crippen molar-refractivity contribution < 1.29 is 26.7 Å². The minimum Gasteiger partial charge on any atom is -0.461 e. The molecule has 3 N–H and O–H groups in total. The molecule has 236 valence electrons. The van der Waals surface area contributed by atoms with E-state index >= 15 is 0 Å². The molecule has 44 heavy (non-hydrogen) atoms. The minimum atomic E-state index is -4.72. The van der Waals surface area contributed by atoms with Gasteiger partial charge in [0.25, 0.3) is 6.43 Å². The Bertz CT molecular complexity index is 1610. The fraction of sp³-hybridized carbons (Fsp3) is 0.567. The second kappa shape index (κ2) is 10.5. The Hall–Kier alpha value is -3.03. The maximum atomic E-state index is 14.3. The first-order valence-electron chi connectivity index (χ1n) is 14.9. The molecule has 4 fully saturated rings. The normalized spacial score (nSPS) is 24.9. The van der Waals surface area contributed by atoms with Crippen molar-refractivity contribution in [3.05, 3.63) is 34.3 Å². The largest absolute Gasteiger partial charge is 0.461 e. The SMILES string of the molecule is Cc1cc(N)nc(-c2cc3nc(OCC45CCCN4CCC5)nc(N4CC5CC[C@@](C(F)F)(C4)N5)c3cc2Cl)c1C(F)(F)F. The number of pyridine rings is 1. The van der Waals surface area contributed by atoms with Gasteiger partial charge in [0.15, 0.2) is 0 Å². The molecule has 0 saturated carbocycles. The summed E-state index contributed by atoms with van der Waals surface area (Å²) >= 11 is 6.68. The summed E-state index contributed by atoms with van der Waals surface area (Å²) in [6.07, 6.45) is -2.28. The molecule has 14 heteroatoms. The molecule has 0 spiro atoms. The Balaban J connectivity index is 1.36. The molecule has 2 aromatic heterocycles. The summed E-state index contributed by atoms with van der Waals surface area (Å²) in [5, 5.41) is 3.50. The first kappa shape index (κ1) is 29.7. The minimum absolute atomic E-state index is 0.00160. The number of alkyl halides is 5. The number of hydrogen-bond acceptors (Lipinski definition) is 8. The quantitative estimate of drug-likeness (QED) is 0.326. The number of halogens is 6. The van der Waals surface area contributed by atoms with Crippen LogP contribution in [0.2, 0.25) is 5.02 Å². The molecule has 1 unspecified atom stereocenters. The second-order valence-electron chi connectivity index (χ2n) is 12.7. The molecular weight excluding hydrogens is 605 g/mol. The van der Waals surface area contributed by atoms with E-state index < -0.39 is 29.4 Å². The number of ether oxygens (including phenoxy) is 1. The summed E-state index contributed by atoms with van der Waals surface area (Å²) in [6.45, 7) is 4.10. The van der Waals surface area contributed by atoms with E-state index in [1.54, 1.807) is 4.90 Å². The zero-order chi connectivity index (χ0) is 31.0. The van der Waals surface area contributed by atoms with Crippen LogP contribution >= 0.6 is 11.6 Å². The summed E-state index contributed by atoms with van der Waals surface area (Å²) < 4.78 is 77.6. The number of aryl methyl sites for hydroxylation is 1. The van der Waals surface area contributed by atoms with Gasteiger partial charge in [0.1, 0.15) is 18.2 Å². The predicted molar refractivity (Wildman–Crippen MR) is 157 cm³/mol. The lowest BCUT2D eigenvalue weighted by molar-refractivity contribution is -0.137. The van der Waals surface area contributed by atoms with Crippen molar-refractivity contribution in [2.75, 3.05) is 43.4 Å². The molecule has 4 saturated heterocycles. The molecule has 0 aliphatic carbocycles. The van der Waals surface area contributed by atoms with E-state index in [1.807, 2.05) is 0 Å². The Morgan fingerprint density at radius 1 is 1.11 bits per heavy atom. The summed E-state index contributed by atoms with van der Waals surface area (Å²) in [6, 6.07) is 3.96. The molecule has 7 rings (SSSR count). The molecule has 3 aromatic rings. The zero-order valence-corrected chi connectivity index (χ0v) is 24.9. The number of benzene rings is 1. The van der Waals surface area contributed by atoms with Gasteiger partial charge < -0.3 is 20.7 Å². The maximum Gasteiger partial charge on any atom is 0.418 e. The van der Waals surface area contributed by atoms with Gasteiger partial charge in [-0.15, -0.1) is 0 Å². The van der Waals surface area contributed by atoms with Crippen molar-refractivity contribution in [2.45, 2.75) is 75.2 Å². The third-order valence-corrected chi connectivity index (χ3v) is 10.2. The monoisotopic (exact) mass is 637 g/mol. The molecule has 4 aliphatic heterocycles. The number of rotatable bonds is 6. The molecule has 0 radical (unpaired) electrons. The molecule has 8 nitrogen and oxygen atoms in total. The number of anilines is 2. The van der Waals surface area contributed by atoms with Gasteiger partial charge in [-0.2, -0.15) is 23.1 Å². The average molecular weight is 638 g/mol. The third kappa shape index (κ3) is 4.91. The molecule has 1 aromatic carbocycles. The molecule has 2 bridgehead atoms. The summed E-state index contributed by atoms with van der Waals surface area (Å²) in [5.41, 5.74) is 3.21. The van der Waals surface area contributed by atoms with Crippen molar-refractivity contribution in [1.29, 1.82) is 0 Å².